The molecule has 0 unspecified atom stereocenters. The number of unbranched alkanes of at least 4 members (excludes halogenated alkanes) is 1. The van der Waals surface area contributed by atoms with Crippen LogP contribution in [0.3, 0.4) is 0 Å². The normalized spacial score (nSPS) is 10.1. The zero-order chi connectivity index (χ0) is 11.3. The van der Waals surface area contributed by atoms with E-state index in [1.54, 1.807) is 12.1 Å². The molecule has 5 heteroatoms. The Morgan fingerprint density at radius 1 is 1.40 bits per heavy atom. The van der Waals surface area contributed by atoms with Crippen LogP contribution in [0.25, 0.3) is 0 Å². The lowest BCUT2D eigenvalue weighted by Crippen LogP contribution is -2.29. The molecule has 0 radical (unpaired) electrons. The highest BCUT2D eigenvalue weighted by molar-refractivity contribution is 6.58. The fourth-order valence-electron chi connectivity index (χ4n) is 1.19. The number of ether oxygens (including phenoxy) is 1. The molecule has 0 aliphatic heterocycles. The second-order valence-corrected chi connectivity index (χ2v) is 3.37. The van der Waals surface area contributed by atoms with Gasteiger partial charge in [0, 0.05) is 0 Å². The van der Waals surface area contributed by atoms with Crippen molar-refractivity contribution >= 4 is 18.3 Å². The van der Waals surface area contributed by atoms with Crippen LogP contribution in [0.5, 0.6) is 5.75 Å². The molecule has 0 fully saturated rings. The fraction of sp³-hybridized carbons (Fsp3) is 0.400. The van der Waals surface area contributed by atoms with Gasteiger partial charge in [-0.2, -0.15) is 0 Å². The van der Waals surface area contributed by atoms with E-state index in [-0.39, 0.29) is 0 Å². The van der Waals surface area contributed by atoms with Crippen LogP contribution < -0.4 is 15.9 Å². The van der Waals surface area contributed by atoms with Crippen molar-refractivity contribution in [1.82, 2.24) is 0 Å². The molecule has 0 atom stereocenters. The zero-order valence-electron chi connectivity index (χ0n) is 8.81. The van der Waals surface area contributed by atoms with Gasteiger partial charge in [-0.05, 0) is 24.0 Å². The summed E-state index contributed by atoms with van der Waals surface area (Å²) in [6.07, 6.45) is 2.04. The molecule has 0 aromatic heterocycles. The van der Waals surface area contributed by atoms with Gasteiger partial charge in [-0.1, -0.05) is 19.4 Å². The first-order valence-electron chi connectivity index (χ1n) is 5.03. The van der Waals surface area contributed by atoms with Crippen LogP contribution in [-0.4, -0.2) is 23.8 Å². The molecule has 15 heavy (non-hydrogen) atoms. The molecular weight excluding hydrogens is 193 g/mol. The maximum atomic E-state index is 8.91. The van der Waals surface area contributed by atoms with Gasteiger partial charge in [0.1, 0.15) is 5.75 Å². The minimum atomic E-state index is -1.49. The molecule has 0 bridgehead atoms. The number of nitrogens with two attached hydrogens (primary N) is 1. The van der Waals surface area contributed by atoms with E-state index in [9.17, 15) is 0 Å². The average molecular weight is 209 g/mol. The Hall–Kier alpha value is -1.20. The third-order valence-electron chi connectivity index (χ3n) is 2.09. The number of rotatable bonds is 5. The van der Waals surface area contributed by atoms with Crippen LogP contribution in [0.4, 0.5) is 5.69 Å². The summed E-state index contributed by atoms with van der Waals surface area (Å²) in [5.74, 6) is 0.591. The molecule has 82 valence electrons. The molecule has 4 N–H and O–H groups in total. The second kappa shape index (κ2) is 5.63. The number of hydrogen-bond acceptors (Lipinski definition) is 4. The highest BCUT2D eigenvalue weighted by Gasteiger charge is 2.12. The van der Waals surface area contributed by atoms with Crippen molar-refractivity contribution in [2.75, 3.05) is 12.3 Å². The van der Waals surface area contributed by atoms with Crippen LogP contribution in [0.2, 0.25) is 0 Å². The van der Waals surface area contributed by atoms with E-state index in [1.807, 2.05) is 0 Å². The van der Waals surface area contributed by atoms with Crippen molar-refractivity contribution in [2.24, 2.45) is 0 Å². The van der Waals surface area contributed by atoms with E-state index in [2.05, 4.69) is 6.92 Å². The maximum absolute atomic E-state index is 8.91. The molecule has 1 aromatic carbocycles. The minimum absolute atomic E-state index is 0.371. The molecular formula is C10H16BNO3. The van der Waals surface area contributed by atoms with Gasteiger partial charge in [0.2, 0.25) is 0 Å². The van der Waals surface area contributed by atoms with E-state index in [4.69, 9.17) is 20.5 Å². The summed E-state index contributed by atoms with van der Waals surface area (Å²) in [5.41, 5.74) is 6.49. The Bertz CT molecular complexity index is 318. The topological polar surface area (TPSA) is 75.7 Å². The standard InChI is InChI=1S/C10H16BNO3/c1-2-3-6-15-10-5-4-8(11(13)14)7-9(10)12/h4-5,7,13-14H,2-3,6,12H2,1H3. The summed E-state index contributed by atoms with van der Waals surface area (Å²) in [5, 5.41) is 17.8. The first-order valence-corrected chi connectivity index (χ1v) is 5.03. The fourth-order valence-corrected chi connectivity index (χ4v) is 1.19. The third-order valence-corrected chi connectivity index (χ3v) is 2.09. The Balaban J connectivity index is 2.66. The first-order chi connectivity index (χ1) is 7.15. The summed E-state index contributed by atoms with van der Waals surface area (Å²) < 4.78 is 5.42. The summed E-state index contributed by atoms with van der Waals surface area (Å²) >= 11 is 0. The molecule has 0 amide bonds. The maximum Gasteiger partial charge on any atom is 0.488 e. The summed E-state index contributed by atoms with van der Waals surface area (Å²) in [4.78, 5) is 0. The van der Waals surface area contributed by atoms with Gasteiger partial charge < -0.3 is 20.5 Å². The van der Waals surface area contributed by atoms with Crippen LogP contribution in [0.15, 0.2) is 18.2 Å². The van der Waals surface area contributed by atoms with Crippen molar-refractivity contribution in [3.63, 3.8) is 0 Å². The summed E-state index contributed by atoms with van der Waals surface area (Å²) in [7, 11) is -1.49. The molecule has 1 aromatic rings. The lowest BCUT2D eigenvalue weighted by Gasteiger charge is -2.09. The quantitative estimate of drug-likeness (QED) is 0.366. The lowest BCUT2D eigenvalue weighted by atomic mass is 9.80. The van der Waals surface area contributed by atoms with Gasteiger partial charge in [-0.3, -0.25) is 0 Å². The number of nitrogen functional groups attached to an aromatic ring is 1. The predicted molar refractivity (Wildman–Crippen MR) is 61.1 cm³/mol. The Kier molecular flexibility index (Phi) is 4.46. The van der Waals surface area contributed by atoms with Crippen LogP contribution in [0.1, 0.15) is 19.8 Å². The van der Waals surface area contributed by atoms with Crippen LogP contribution >= 0.6 is 0 Å². The number of benzene rings is 1. The average Bonchev–Trinajstić information content (AvgIpc) is 2.20. The van der Waals surface area contributed by atoms with Gasteiger partial charge in [0.15, 0.2) is 0 Å². The molecule has 0 heterocycles. The van der Waals surface area contributed by atoms with E-state index in [0.717, 1.165) is 12.8 Å². The molecule has 1 rings (SSSR count). The second-order valence-electron chi connectivity index (χ2n) is 3.37. The predicted octanol–water partition coefficient (Wildman–Crippen LogP) is 0.128. The molecule has 0 aliphatic carbocycles. The van der Waals surface area contributed by atoms with Crippen molar-refractivity contribution in [3.05, 3.63) is 18.2 Å². The molecule has 0 saturated heterocycles. The van der Waals surface area contributed by atoms with Gasteiger partial charge in [-0.25, -0.2) is 0 Å². The van der Waals surface area contributed by atoms with Crippen molar-refractivity contribution in [2.45, 2.75) is 19.8 Å². The largest absolute Gasteiger partial charge is 0.491 e. The zero-order valence-corrected chi connectivity index (χ0v) is 8.81. The van der Waals surface area contributed by atoms with Crippen molar-refractivity contribution < 1.29 is 14.8 Å². The highest BCUT2D eigenvalue weighted by atomic mass is 16.5. The molecule has 0 spiro atoms. The third kappa shape index (κ3) is 3.45. The van der Waals surface area contributed by atoms with Crippen LogP contribution in [0, 0.1) is 0 Å². The highest BCUT2D eigenvalue weighted by Crippen LogP contribution is 2.19. The Morgan fingerprint density at radius 2 is 2.13 bits per heavy atom. The Morgan fingerprint density at radius 3 is 2.67 bits per heavy atom. The SMILES string of the molecule is CCCCOc1ccc(B(O)O)cc1N. The summed E-state index contributed by atoms with van der Waals surface area (Å²) in [6, 6.07) is 4.74. The molecule has 0 aliphatic rings. The van der Waals surface area contributed by atoms with Gasteiger partial charge >= 0.3 is 7.12 Å². The van der Waals surface area contributed by atoms with E-state index in [0.29, 0.717) is 23.5 Å². The summed E-state index contributed by atoms with van der Waals surface area (Å²) in [6.45, 7) is 2.71. The van der Waals surface area contributed by atoms with Crippen molar-refractivity contribution in [1.29, 1.82) is 0 Å². The lowest BCUT2D eigenvalue weighted by molar-refractivity contribution is 0.311. The van der Waals surface area contributed by atoms with Crippen LogP contribution in [-0.2, 0) is 0 Å². The Labute approximate surface area is 89.8 Å². The van der Waals surface area contributed by atoms with E-state index < -0.39 is 7.12 Å². The monoisotopic (exact) mass is 209 g/mol. The van der Waals surface area contributed by atoms with Gasteiger partial charge in [-0.15, -0.1) is 0 Å². The van der Waals surface area contributed by atoms with Crippen molar-refractivity contribution in [3.8, 4) is 5.75 Å². The van der Waals surface area contributed by atoms with E-state index >= 15 is 0 Å². The number of hydrogen-bond donors (Lipinski definition) is 3. The number of anilines is 1. The van der Waals surface area contributed by atoms with E-state index in [1.165, 1.54) is 6.07 Å². The minimum Gasteiger partial charge on any atom is -0.491 e. The molecule has 4 nitrogen and oxygen atoms in total. The smallest absolute Gasteiger partial charge is 0.488 e. The first kappa shape index (κ1) is 11.9. The van der Waals surface area contributed by atoms with Gasteiger partial charge in [0.05, 0.1) is 12.3 Å². The molecule has 0 saturated carbocycles. The van der Waals surface area contributed by atoms with Gasteiger partial charge in [0.25, 0.3) is 0 Å².